The van der Waals surface area contributed by atoms with Crippen molar-refractivity contribution in [3.63, 3.8) is 0 Å². The van der Waals surface area contributed by atoms with Crippen LogP contribution in [0.1, 0.15) is 16.7 Å². The maximum atomic E-state index is 15.2. The van der Waals surface area contributed by atoms with E-state index in [1.54, 1.807) is 56.4 Å². The number of para-hydroxylation sites is 2. The summed E-state index contributed by atoms with van der Waals surface area (Å²) in [6.45, 7) is 1.83. The first kappa shape index (κ1) is 24.7. The summed E-state index contributed by atoms with van der Waals surface area (Å²) in [4.78, 5) is 0. The van der Waals surface area contributed by atoms with Crippen LogP contribution >= 0.6 is 18.7 Å². The van der Waals surface area contributed by atoms with Crippen LogP contribution in [0.15, 0.2) is 96.8 Å². The minimum atomic E-state index is -3.53. The lowest BCUT2D eigenvalue weighted by atomic mass is 9.98. The summed E-state index contributed by atoms with van der Waals surface area (Å²) in [5.41, 5.74) is 2.60. The van der Waals surface area contributed by atoms with Crippen LogP contribution in [0.25, 0.3) is 5.57 Å². The molecule has 0 unspecified atom stereocenters. The molecule has 0 aliphatic heterocycles. The van der Waals surface area contributed by atoms with Gasteiger partial charge in [0, 0.05) is 10.6 Å². The molecule has 0 atom stereocenters. The first-order valence-electron chi connectivity index (χ1n) is 11.0. The van der Waals surface area contributed by atoms with E-state index in [2.05, 4.69) is 0 Å². The Balaban J connectivity index is 2.12. The molecule has 178 valence electrons. The Bertz CT molecular complexity index is 1380. The zero-order valence-electron chi connectivity index (χ0n) is 19.7. The Morgan fingerprint density at radius 1 is 0.829 bits per heavy atom. The summed E-state index contributed by atoms with van der Waals surface area (Å²) in [6, 6.07) is 27.3. The monoisotopic (exact) mass is 504 g/mol. The second-order valence-corrected chi connectivity index (χ2v) is 11.0. The zero-order chi connectivity index (χ0) is 25.0. The smallest absolute Gasteiger partial charge is 0.172 e. The summed E-state index contributed by atoms with van der Waals surface area (Å²) >= 11 is 6.47. The minimum Gasteiger partial charge on any atom is -0.507 e. The highest BCUT2D eigenvalue weighted by Gasteiger charge is 2.32. The van der Waals surface area contributed by atoms with Gasteiger partial charge in [0.2, 0.25) is 0 Å². The van der Waals surface area contributed by atoms with Crippen molar-refractivity contribution >= 4 is 34.9 Å². The van der Waals surface area contributed by atoms with E-state index in [0.717, 1.165) is 11.1 Å². The van der Waals surface area contributed by atoms with E-state index in [1.165, 1.54) is 0 Å². The highest BCUT2D eigenvalue weighted by molar-refractivity contribution is 7.82. The summed E-state index contributed by atoms with van der Waals surface area (Å²) in [5.74, 6) is 2.76. The number of phenolic OH excluding ortho intramolecular Hbond substituents is 1. The molecule has 4 nitrogen and oxygen atoms in total. The van der Waals surface area contributed by atoms with E-state index in [9.17, 15) is 5.11 Å². The number of hydrogen-bond acceptors (Lipinski definition) is 4. The number of benzene rings is 4. The van der Waals surface area contributed by atoms with Crippen LogP contribution in [0.3, 0.4) is 0 Å². The molecule has 0 saturated carbocycles. The van der Waals surface area contributed by atoms with E-state index < -0.39 is 7.14 Å². The third kappa shape index (κ3) is 4.86. The van der Waals surface area contributed by atoms with Crippen LogP contribution in [-0.2, 0) is 4.57 Å². The second-order valence-electron chi connectivity index (χ2n) is 8.03. The Hall–Kier alpha value is -3.46. The molecule has 1 N–H and O–H groups in total. The lowest BCUT2D eigenvalue weighted by molar-refractivity contribution is 0.416. The molecule has 0 amide bonds. The fourth-order valence-corrected chi connectivity index (χ4v) is 7.01. The number of rotatable bonds is 7. The van der Waals surface area contributed by atoms with Crippen LogP contribution in [0.2, 0.25) is 5.02 Å². The Kier molecular flexibility index (Phi) is 7.35. The van der Waals surface area contributed by atoms with E-state index in [0.29, 0.717) is 38.3 Å². The van der Waals surface area contributed by atoms with Crippen molar-refractivity contribution in [3.8, 4) is 17.2 Å². The SMILES string of the molecule is COc1ccccc1P(=O)(C=C(c1ccccc1)c1cc(Cl)c(C)cc1O)c1ccccc1OC. The molecule has 0 aromatic heterocycles. The number of aromatic hydroxyl groups is 1. The quantitative estimate of drug-likeness (QED) is 0.282. The van der Waals surface area contributed by atoms with Crippen LogP contribution in [0.5, 0.6) is 17.2 Å². The first-order valence-corrected chi connectivity index (χ1v) is 13.2. The zero-order valence-corrected chi connectivity index (χ0v) is 21.4. The molecule has 4 aromatic rings. The van der Waals surface area contributed by atoms with Gasteiger partial charge in [-0.2, -0.15) is 0 Å². The van der Waals surface area contributed by atoms with Crippen molar-refractivity contribution in [3.05, 3.63) is 119 Å². The normalized spacial score (nSPS) is 11.8. The van der Waals surface area contributed by atoms with Gasteiger partial charge in [-0.1, -0.05) is 66.2 Å². The van der Waals surface area contributed by atoms with Crippen molar-refractivity contribution in [2.24, 2.45) is 0 Å². The summed E-state index contributed by atoms with van der Waals surface area (Å²) in [5, 5.41) is 12.5. The minimum absolute atomic E-state index is 0.0496. The Labute approximate surface area is 210 Å². The Morgan fingerprint density at radius 2 is 1.34 bits per heavy atom. The van der Waals surface area contributed by atoms with Gasteiger partial charge in [0.1, 0.15) is 17.2 Å². The van der Waals surface area contributed by atoms with E-state index in [4.69, 9.17) is 21.1 Å². The molecular formula is C29H26ClO4P. The third-order valence-corrected chi connectivity index (χ3v) is 9.05. The molecule has 0 spiro atoms. The van der Waals surface area contributed by atoms with Gasteiger partial charge in [-0.05, 0) is 65.8 Å². The van der Waals surface area contributed by atoms with E-state index in [1.807, 2.05) is 61.5 Å². The van der Waals surface area contributed by atoms with Crippen LogP contribution in [-0.4, -0.2) is 19.3 Å². The van der Waals surface area contributed by atoms with Crippen molar-refractivity contribution in [2.45, 2.75) is 6.92 Å². The summed E-state index contributed by atoms with van der Waals surface area (Å²) in [7, 11) is -0.424. The molecule has 35 heavy (non-hydrogen) atoms. The highest BCUT2D eigenvalue weighted by atomic mass is 35.5. The molecule has 0 aliphatic carbocycles. The second kappa shape index (κ2) is 10.4. The molecule has 6 heteroatoms. The topological polar surface area (TPSA) is 55.8 Å². The molecular weight excluding hydrogens is 479 g/mol. The van der Waals surface area contributed by atoms with Gasteiger partial charge in [-0.15, -0.1) is 0 Å². The lowest BCUT2D eigenvalue weighted by Gasteiger charge is -2.22. The van der Waals surface area contributed by atoms with Gasteiger partial charge >= 0.3 is 0 Å². The maximum Gasteiger partial charge on any atom is 0.172 e. The average molecular weight is 505 g/mol. The summed E-state index contributed by atoms with van der Waals surface area (Å²) < 4.78 is 26.5. The number of phenols is 1. The van der Waals surface area contributed by atoms with Crippen molar-refractivity contribution in [2.75, 3.05) is 14.2 Å². The van der Waals surface area contributed by atoms with Gasteiger partial charge < -0.3 is 19.1 Å². The molecule has 4 rings (SSSR count). The molecule has 0 aliphatic rings. The molecule has 0 bridgehead atoms. The number of methoxy groups -OCH3 is 2. The van der Waals surface area contributed by atoms with Crippen molar-refractivity contribution in [1.82, 2.24) is 0 Å². The van der Waals surface area contributed by atoms with Crippen LogP contribution < -0.4 is 20.1 Å². The van der Waals surface area contributed by atoms with E-state index >= 15 is 4.57 Å². The van der Waals surface area contributed by atoms with Crippen LogP contribution in [0.4, 0.5) is 0 Å². The number of aryl methyl sites for hydroxylation is 1. The fraction of sp³-hybridized carbons (Fsp3) is 0.103. The largest absolute Gasteiger partial charge is 0.507 e. The summed E-state index contributed by atoms with van der Waals surface area (Å²) in [6.07, 6.45) is 0. The van der Waals surface area contributed by atoms with Crippen molar-refractivity contribution in [1.29, 1.82) is 0 Å². The maximum absolute atomic E-state index is 15.2. The number of halogens is 1. The number of hydrogen-bond donors (Lipinski definition) is 1. The molecule has 0 saturated heterocycles. The van der Waals surface area contributed by atoms with Gasteiger partial charge in [0.25, 0.3) is 0 Å². The highest BCUT2D eigenvalue weighted by Crippen LogP contribution is 2.53. The van der Waals surface area contributed by atoms with E-state index in [-0.39, 0.29) is 5.75 Å². The predicted molar refractivity (Wildman–Crippen MR) is 144 cm³/mol. The molecule has 0 heterocycles. The first-order chi connectivity index (χ1) is 16.9. The van der Waals surface area contributed by atoms with Gasteiger partial charge in [-0.3, -0.25) is 0 Å². The average Bonchev–Trinajstić information content (AvgIpc) is 2.90. The molecule has 0 fully saturated rings. The predicted octanol–water partition coefficient (Wildman–Crippen LogP) is 6.77. The number of ether oxygens (including phenoxy) is 2. The Morgan fingerprint density at radius 3 is 1.89 bits per heavy atom. The fourth-order valence-electron chi connectivity index (χ4n) is 4.06. The molecule has 4 aromatic carbocycles. The van der Waals surface area contributed by atoms with Gasteiger partial charge in [0.15, 0.2) is 7.14 Å². The standard InChI is InChI=1S/C29H26ClO4P/c1-20-17-25(31)22(18-24(20)30)23(21-11-5-4-6-12-21)19-35(32,28-15-9-7-13-26(28)33-2)29-16-10-8-14-27(29)34-3/h4-19,31H,1-3H3. The lowest BCUT2D eigenvalue weighted by Crippen LogP contribution is -2.18. The molecule has 0 radical (unpaired) electrons. The van der Waals surface area contributed by atoms with Crippen molar-refractivity contribution < 1.29 is 19.1 Å². The van der Waals surface area contributed by atoms with Gasteiger partial charge in [0.05, 0.1) is 24.8 Å². The third-order valence-electron chi connectivity index (χ3n) is 5.85. The van der Waals surface area contributed by atoms with Crippen LogP contribution in [0, 0.1) is 6.92 Å². The van der Waals surface area contributed by atoms with Gasteiger partial charge in [-0.25, -0.2) is 0 Å².